The van der Waals surface area contributed by atoms with E-state index in [1.165, 1.54) is 33.5 Å². The minimum Gasteiger partial charge on any atom is -0.496 e. The van der Waals surface area contributed by atoms with E-state index in [2.05, 4.69) is 9.92 Å². The second-order valence-electron chi connectivity index (χ2n) is 3.37. The Bertz CT molecular complexity index is 575. The van der Waals surface area contributed by atoms with Crippen molar-refractivity contribution in [2.24, 2.45) is 5.73 Å². The van der Waals surface area contributed by atoms with Crippen molar-refractivity contribution in [2.75, 3.05) is 26.1 Å². The number of rotatable bonds is 6. The number of carbonyl (C=O) groups is 1. The maximum atomic E-state index is 11.5. The summed E-state index contributed by atoms with van der Waals surface area (Å²) in [5.74, 6) is 0.605. The van der Waals surface area contributed by atoms with E-state index in [1.54, 1.807) is 0 Å². The number of primary amides is 1. The molecule has 0 atom stereocenters. The maximum absolute atomic E-state index is 11.5. The van der Waals surface area contributed by atoms with Gasteiger partial charge >= 0.3 is 16.4 Å². The van der Waals surface area contributed by atoms with Gasteiger partial charge in [0.2, 0.25) is 0 Å². The largest absolute Gasteiger partial charge is 0.496 e. The van der Waals surface area contributed by atoms with E-state index in [1.807, 2.05) is 4.72 Å². The summed E-state index contributed by atoms with van der Waals surface area (Å²) in [6.07, 6.45) is -1.47. The molecule has 0 bridgehead atoms. The number of nitrogens with one attached hydrogen (secondary N) is 1. The Hall–Kier alpha value is -2.36. The van der Waals surface area contributed by atoms with Crippen LogP contribution in [0.1, 0.15) is 0 Å². The molecule has 0 fully saturated rings. The molecular formula is C10H14N2O7S. The molecule has 112 valence electrons. The topological polar surface area (TPSA) is 126 Å². The van der Waals surface area contributed by atoms with Gasteiger partial charge in [0.25, 0.3) is 0 Å². The van der Waals surface area contributed by atoms with E-state index in [0.29, 0.717) is 5.75 Å². The summed E-state index contributed by atoms with van der Waals surface area (Å²) < 4.78 is 44.0. The molecule has 0 heterocycles. The molecule has 10 heteroatoms. The minimum atomic E-state index is -4.44. The van der Waals surface area contributed by atoms with Gasteiger partial charge in [-0.2, -0.15) is 8.42 Å². The number of amides is 1. The van der Waals surface area contributed by atoms with Crippen LogP contribution in [-0.2, 0) is 14.5 Å². The molecular weight excluding hydrogens is 292 g/mol. The molecule has 0 unspecified atom stereocenters. The molecule has 1 aromatic rings. The quantitative estimate of drug-likeness (QED) is 0.781. The number of methoxy groups -OCH3 is 3. The number of nitrogens with two attached hydrogens (primary N) is 1. The second-order valence-corrected chi connectivity index (χ2v) is 4.64. The highest BCUT2D eigenvalue weighted by molar-refractivity contribution is 7.88. The van der Waals surface area contributed by atoms with Gasteiger partial charge < -0.3 is 24.1 Å². The number of anilines is 1. The van der Waals surface area contributed by atoms with Gasteiger partial charge in [-0.25, -0.2) is 9.52 Å². The van der Waals surface area contributed by atoms with Gasteiger partial charge in [-0.3, -0.25) is 0 Å². The molecule has 0 saturated heterocycles. The Morgan fingerprint density at radius 3 is 1.95 bits per heavy atom. The van der Waals surface area contributed by atoms with E-state index in [-0.39, 0.29) is 17.2 Å². The van der Waals surface area contributed by atoms with Crippen LogP contribution in [-0.4, -0.2) is 35.8 Å². The molecule has 9 nitrogen and oxygen atoms in total. The van der Waals surface area contributed by atoms with Crippen molar-refractivity contribution in [3.05, 3.63) is 12.1 Å². The lowest BCUT2D eigenvalue weighted by Crippen LogP contribution is -2.24. The molecule has 0 spiro atoms. The predicted octanol–water partition coefficient (Wildman–Crippen LogP) is 0.464. The number of hydrogen-bond acceptors (Lipinski definition) is 7. The van der Waals surface area contributed by atoms with Crippen molar-refractivity contribution in [1.82, 2.24) is 0 Å². The molecule has 20 heavy (non-hydrogen) atoms. The minimum absolute atomic E-state index is 0.0583. The first kappa shape index (κ1) is 15.7. The van der Waals surface area contributed by atoms with E-state index in [4.69, 9.17) is 14.2 Å². The van der Waals surface area contributed by atoms with Gasteiger partial charge in [-0.15, -0.1) is 0 Å². The van der Waals surface area contributed by atoms with Gasteiger partial charge in [-0.05, 0) is 0 Å². The van der Waals surface area contributed by atoms with Crippen molar-refractivity contribution >= 4 is 22.1 Å². The van der Waals surface area contributed by atoms with E-state index in [9.17, 15) is 13.2 Å². The Morgan fingerprint density at radius 1 is 1.10 bits per heavy atom. The Morgan fingerprint density at radius 2 is 1.60 bits per heavy atom. The van der Waals surface area contributed by atoms with Crippen LogP contribution < -0.4 is 24.7 Å². The van der Waals surface area contributed by atoms with E-state index >= 15 is 0 Å². The summed E-state index contributed by atoms with van der Waals surface area (Å²) in [5, 5.41) is 0. The summed E-state index contributed by atoms with van der Waals surface area (Å²) >= 11 is 0. The van der Waals surface area contributed by atoms with Gasteiger partial charge in [0.05, 0.1) is 21.3 Å². The summed E-state index contributed by atoms with van der Waals surface area (Å²) in [6.45, 7) is 0. The SMILES string of the molecule is COc1cc(OC)c(NS(=O)(=O)OC(N)=O)c(OC)c1. The predicted molar refractivity (Wildman–Crippen MR) is 69.3 cm³/mol. The molecule has 3 N–H and O–H groups in total. The van der Waals surface area contributed by atoms with Crippen molar-refractivity contribution < 1.29 is 31.6 Å². The molecule has 1 amide bonds. The molecule has 0 aromatic heterocycles. The van der Waals surface area contributed by atoms with Crippen LogP contribution in [0.4, 0.5) is 10.5 Å². The number of benzene rings is 1. The van der Waals surface area contributed by atoms with Gasteiger partial charge in [-0.1, -0.05) is 0 Å². The zero-order chi connectivity index (χ0) is 15.3. The lowest BCUT2D eigenvalue weighted by Gasteiger charge is -2.15. The number of carbonyl (C=O) groups excluding carboxylic acids is 1. The van der Waals surface area contributed by atoms with Crippen molar-refractivity contribution in [1.29, 1.82) is 0 Å². The molecule has 0 saturated carbocycles. The molecule has 0 aliphatic rings. The second kappa shape index (κ2) is 6.19. The van der Waals surface area contributed by atoms with Gasteiger partial charge in [0, 0.05) is 12.1 Å². The van der Waals surface area contributed by atoms with Crippen LogP contribution in [0.5, 0.6) is 17.2 Å². The third-order valence-electron chi connectivity index (χ3n) is 2.13. The molecule has 0 aliphatic carbocycles. The Kier molecular flexibility index (Phi) is 4.86. The standard InChI is InChI=1S/C10H14N2O7S/c1-16-6-4-7(17-2)9(8(5-6)18-3)12-20(14,15)19-10(11)13/h4-5,12H,1-3H3,(H2,11,13). The van der Waals surface area contributed by atoms with Crippen LogP contribution in [0.3, 0.4) is 0 Å². The average molecular weight is 306 g/mol. The van der Waals surface area contributed by atoms with Crippen molar-refractivity contribution in [3.8, 4) is 17.2 Å². The Balaban J connectivity index is 3.26. The zero-order valence-corrected chi connectivity index (χ0v) is 11.8. The maximum Gasteiger partial charge on any atom is 0.421 e. The Labute approximate surface area is 115 Å². The van der Waals surface area contributed by atoms with Crippen molar-refractivity contribution in [3.63, 3.8) is 0 Å². The molecule has 1 rings (SSSR count). The van der Waals surface area contributed by atoms with E-state index in [0.717, 1.165) is 0 Å². The number of hydrogen-bond donors (Lipinski definition) is 2. The first-order chi connectivity index (χ1) is 9.32. The third kappa shape index (κ3) is 3.82. The molecule has 0 aliphatic heterocycles. The summed E-state index contributed by atoms with van der Waals surface area (Å²) in [5.41, 5.74) is 4.60. The molecule has 1 aromatic carbocycles. The smallest absolute Gasteiger partial charge is 0.421 e. The van der Waals surface area contributed by atoms with Gasteiger partial charge in [0.15, 0.2) is 11.5 Å². The monoisotopic (exact) mass is 306 g/mol. The average Bonchev–Trinajstić information content (AvgIpc) is 2.36. The fourth-order valence-electron chi connectivity index (χ4n) is 1.36. The third-order valence-corrected chi connectivity index (χ3v) is 2.97. The highest BCUT2D eigenvalue weighted by Gasteiger charge is 2.21. The first-order valence-electron chi connectivity index (χ1n) is 5.14. The van der Waals surface area contributed by atoms with Crippen LogP contribution in [0.25, 0.3) is 0 Å². The fraction of sp³-hybridized carbons (Fsp3) is 0.300. The summed E-state index contributed by atoms with van der Waals surface area (Å²) in [6, 6.07) is 2.84. The normalized spacial score (nSPS) is 10.6. The highest BCUT2D eigenvalue weighted by atomic mass is 32.2. The van der Waals surface area contributed by atoms with Crippen LogP contribution in [0.2, 0.25) is 0 Å². The first-order valence-corrected chi connectivity index (χ1v) is 6.55. The lowest BCUT2D eigenvalue weighted by atomic mass is 10.2. The van der Waals surface area contributed by atoms with Crippen LogP contribution in [0.15, 0.2) is 12.1 Å². The summed E-state index contributed by atoms with van der Waals surface area (Å²) in [7, 11) is -0.378. The fourth-order valence-corrected chi connectivity index (χ4v) is 2.07. The van der Waals surface area contributed by atoms with E-state index < -0.39 is 16.4 Å². The summed E-state index contributed by atoms with van der Waals surface area (Å²) in [4.78, 5) is 10.5. The van der Waals surface area contributed by atoms with Crippen molar-refractivity contribution in [2.45, 2.75) is 0 Å². The number of ether oxygens (including phenoxy) is 3. The van der Waals surface area contributed by atoms with Gasteiger partial charge in [0.1, 0.15) is 11.4 Å². The van der Waals surface area contributed by atoms with Crippen LogP contribution in [0, 0.1) is 0 Å². The molecule has 0 radical (unpaired) electrons. The zero-order valence-electron chi connectivity index (χ0n) is 11.0. The highest BCUT2D eigenvalue weighted by Crippen LogP contribution is 2.39. The lowest BCUT2D eigenvalue weighted by molar-refractivity contribution is 0.213. The van der Waals surface area contributed by atoms with Crippen LogP contribution >= 0.6 is 0 Å².